The van der Waals surface area contributed by atoms with Gasteiger partial charge >= 0.3 is 5.69 Å². The number of hydrogen-bond acceptors (Lipinski definition) is 5. The first-order valence-corrected chi connectivity index (χ1v) is 7.44. The molecule has 0 atom stereocenters. The first-order valence-electron chi connectivity index (χ1n) is 7.07. The first kappa shape index (κ1) is 15.3. The number of nitrogens with zero attached hydrogens (tertiary/aromatic N) is 5. The average Bonchev–Trinajstić information content (AvgIpc) is 3.04. The van der Waals surface area contributed by atoms with E-state index in [0.29, 0.717) is 29.5 Å². The Morgan fingerprint density at radius 2 is 2.17 bits per heavy atom. The van der Waals surface area contributed by atoms with Crippen LogP contribution >= 0.6 is 11.6 Å². The van der Waals surface area contributed by atoms with Gasteiger partial charge in [-0.25, -0.2) is 9.67 Å². The van der Waals surface area contributed by atoms with Crippen molar-refractivity contribution in [2.24, 2.45) is 7.05 Å². The van der Waals surface area contributed by atoms with Gasteiger partial charge in [0, 0.05) is 19.4 Å². The molecule has 3 aromatic heterocycles. The Morgan fingerprint density at radius 1 is 1.39 bits per heavy atom. The zero-order valence-corrected chi connectivity index (χ0v) is 13.4. The second kappa shape index (κ2) is 5.88. The monoisotopic (exact) mass is 334 g/mol. The molecular weight excluding hydrogens is 320 g/mol. The van der Waals surface area contributed by atoms with Crippen molar-refractivity contribution in [1.82, 2.24) is 19.2 Å². The Morgan fingerprint density at radius 3 is 2.87 bits per heavy atom. The number of nitro groups is 1. The lowest BCUT2D eigenvalue weighted by Crippen LogP contribution is -2.06. The fourth-order valence-electron chi connectivity index (χ4n) is 2.47. The molecule has 1 N–H and O–H groups in total. The molecule has 0 bridgehead atoms. The number of hydrogen-bond donors (Lipinski definition) is 1. The van der Waals surface area contributed by atoms with Crippen molar-refractivity contribution >= 4 is 28.8 Å². The molecule has 0 fully saturated rings. The average molecular weight is 335 g/mol. The van der Waals surface area contributed by atoms with Gasteiger partial charge < -0.3 is 9.72 Å². The van der Waals surface area contributed by atoms with Crippen molar-refractivity contribution in [1.29, 1.82) is 0 Å². The highest BCUT2D eigenvalue weighted by molar-refractivity contribution is 6.30. The molecule has 0 aromatic carbocycles. The van der Waals surface area contributed by atoms with Gasteiger partial charge in [0.15, 0.2) is 0 Å². The van der Waals surface area contributed by atoms with E-state index in [-0.39, 0.29) is 5.69 Å². The number of imidazole rings is 1. The fraction of sp³-hybridized carbons (Fsp3) is 0.286. The van der Waals surface area contributed by atoms with E-state index in [1.807, 2.05) is 23.6 Å². The van der Waals surface area contributed by atoms with Crippen molar-refractivity contribution in [3.8, 4) is 0 Å². The summed E-state index contributed by atoms with van der Waals surface area (Å²) in [5.41, 5.74) is 1.99. The standard InChI is InChI=1S/C14H15ClN6O2/c1-3-11-13(21(22)23)14(19(2)18-11)16-6-10-8-20-7-9(15)4-5-12(20)17-10/h4-5,7-8,16H,3,6H2,1-2H3. The summed E-state index contributed by atoms with van der Waals surface area (Å²) in [6.45, 7) is 2.19. The molecule has 0 aliphatic heterocycles. The topological polar surface area (TPSA) is 90.3 Å². The minimum Gasteiger partial charge on any atom is -0.359 e. The predicted octanol–water partition coefficient (Wildman–Crippen LogP) is 2.80. The van der Waals surface area contributed by atoms with Crippen LogP contribution in [0.2, 0.25) is 5.02 Å². The summed E-state index contributed by atoms with van der Waals surface area (Å²) in [7, 11) is 1.68. The van der Waals surface area contributed by atoms with Gasteiger partial charge in [0.2, 0.25) is 5.82 Å². The van der Waals surface area contributed by atoms with E-state index in [1.54, 1.807) is 19.3 Å². The van der Waals surface area contributed by atoms with Crippen LogP contribution in [0.15, 0.2) is 24.5 Å². The maximum atomic E-state index is 11.3. The number of fused-ring (bicyclic) bond motifs is 1. The van der Waals surface area contributed by atoms with Crippen LogP contribution in [0.1, 0.15) is 18.3 Å². The summed E-state index contributed by atoms with van der Waals surface area (Å²) in [6, 6.07) is 3.58. The molecular formula is C14H15ClN6O2. The van der Waals surface area contributed by atoms with Crippen molar-refractivity contribution in [2.75, 3.05) is 5.32 Å². The maximum absolute atomic E-state index is 11.3. The highest BCUT2D eigenvalue weighted by Gasteiger charge is 2.25. The van der Waals surface area contributed by atoms with E-state index in [0.717, 1.165) is 11.3 Å². The lowest BCUT2D eigenvalue weighted by Gasteiger charge is -2.03. The second-order valence-electron chi connectivity index (χ2n) is 5.08. The predicted molar refractivity (Wildman–Crippen MR) is 86.8 cm³/mol. The van der Waals surface area contributed by atoms with Crippen LogP contribution < -0.4 is 5.32 Å². The minimum atomic E-state index is -0.405. The van der Waals surface area contributed by atoms with Crippen LogP contribution in [0.25, 0.3) is 5.65 Å². The summed E-state index contributed by atoms with van der Waals surface area (Å²) in [6.07, 6.45) is 4.09. The van der Waals surface area contributed by atoms with Crippen LogP contribution in [0.3, 0.4) is 0 Å². The van der Waals surface area contributed by atoms with Gasteiger partial charge in [-0.3, -0.25) is 10.1 Å². The van der Waals surface area contributed by atoms with Crippen LogP contribution in [0, 0.1) is 10.1 Å². The zero-order chi connectivity index (χ0) is 16.6. The molecule has 23 heavy (non-hydrogen) atoms. The summed E-state index contributed by atoms with van der Waals surface area (Å²) in [4.78, 5) is 15.3. The third kappa shape index (κ3) is 2.85. The number of rotatable bonds is 5. The zero-order valence-electron chi connectivity index (χ0n) is 12.7. The molecule has 3 heterocycles. The Kier molecular flexibility index (Phi) is 3.91. The van der Waals surface area contributed by atoms with E-state index < -0.39 is 4.92 Å². The largest absolute Gasteiger partial charge is 0.359 e. The highest BCUT2D eigenvalue weighted by Crippen LogP contribution is 2.28. The van der Waals surface area contributed by atoms with E-state index >= 15 is 0 Å². The highest BCUT2D eigenvalue weighted by atomic mass is 35.5. The Balaban J connectivity index is 1.87. The van der Waals surface area contributed by atoms with Gasteiger partial charge in [0.25, 0.3) is 0 Å². The van der Waals surface area contributed by atoms with Crippen LogP contribution in [-0.2, 0) is 20.0 Å². The molecule has 0 unspecified atom stereocenters. The number of pyridine rings is 1. The maximum Gasteiger partial charge on any atom is 0.333 e. The van der Waals surface area contributed by atoms with Gasteiger partial charge in [-0.15, -0.1) is 0 Å². The molecule has 3 rings (SSSR count). The van der Waals surface area contributed by atoms with Crippen LogP contribution in [-0.4, -0.2) is 24.1 Å². The van der Waals surface area contributed by atoms with Gasteiger partial charge in [-0.2, -0.15) is 5.10 Å². The lowest BCUT2D eigenvalue weighted by atomic mass is 10.3. The second-order valence-corrected chi connectivity index (χ2v) is 5.51. The molecule has 3 aromatic rings. The Labute approximate surface area is 136 Å². The quantitative estimate of drug-likeness (QED) is 0.572. The molecule has 9 heteroatoms. The fourth-order valence-corrected chi connectivity index (χ4v) is 2.64. The van der Waals surface area contributed by atoms with Crippen LogP contribution in [0.5, 0.6) is 0 Å². The summed E-state index contributed by atoms with van der Waals surface area (Å²) >= 11 is 5.95. The van der Waals surface area contributed by atoms with Crippen molar-refractivity contribution in [3.63, 3.8) is 0 Å². The minimum absolute atomic E-state index is 0.0156. The van der Waals surface area contributed by atoms with E-state index in [4.69, 9.17) is 11.6 Å². The summed E-state index contributed by atoms with van der Waals surface area (Å²) in [5.74, 6) is 0.377. The third-order valence-corrected chi connectivity index (χ3v) is 3.73. The van der Waals surface area contributed by atoms with Crippen LogP contribution in [0.4, 0.5) is 11.5 Å². The number of aromatic nitrogens is 4. The molecule has 0 saturated heterocycles. The normalized spacial score (nSPS) is 11.1. The molecule has 0 amide bonds. The van der Waals surface area contributed by atoms with E-state index in [1.165, 1.54) is 4.68 Å². The molecule has 0 spiro atoms. The van der Waals surface area contributed by atoms with Crippen molar-refractivity contribution < 1.29 is 4.92 Å². The van der Waals surface area contributed by atoms with Crippen molar-refractivity contribution in [2.45, 2.75) is 19.9 Å². The first-order chi connectivity index (χ1) is 11.0. The molecule has 120 valence electrons. The molecule has 0 radical (unpaired) electrons. The number of halogens is 1. The summed E-state index contributed by atoms with van der Waals surface area (Å²) < 4.78 is 3.30. The molecule has 0 saturated carbocycles. The molecule has 8 nitrogen and oxygen atoms in total. The summed E-state index contributed by atoms with van der Waals surface area (Å²) in [5, 5.41) is 19.1. The third-order valence-electron chi connectivity index (χ3n) is 3.51. The molecule has 0 aliphatic carbocycles. The van der Waals surface area contributed by atoms with Gasteiger partial charge in [0.1, 0.15) is 11.3 Å². The SMILES string of the molecule is CCc1nn(C)c(NCc2cn3cc(Cl)ccc3n2)c1[N+](=O)[O-]. The van der Waals surface area contributed by atoms with E-state index in [9.17, 15) is 10.1 Å². The smallest absolute Gasteiger partial charge is 0.333 e. The number of aryl methyl sites for hydroxylation is 2. The van der Waals surface area contributed by atoms with Gasteiger partial charge in [-0.1, -0.05) is 18.5 Å². The lowest BCUT2D eigenvalue weighted by molar-refractivity contribution is -0.384. The van der Waals surface area contributed by atoms with Gasteiger partial charge in [-0.05, 0) is 18.6 Å². The molecule has 0 aliphatic rings. The van der Waals surface area contributed by atoms with Gasteiger partial charge in [0.05, 0.1) is 22.2 Å². The number of nitrogens with one attached hydrogen (secondary N) is 1. The number of anilines is 1. The Bertz CT molecular complexity index is 885. The Hall–Kier alpha value is -2.61. The van der Waals surface area contributed by atoms with Crippen molar-refractivity contribution in [3.05, 3.63) is 51.1 Å². The van der Waals surface area contributed by atoms with E-state index in [2.05, 4.69) is 15.4 Å².